The molecular weight excluding hydrogens is 903 g/mol. The van der Waals surface area contributed by atoms with E-state index in [1.165, 1.54) is 4.74 Å². The van der Waals surface area contributed by atoms with Gasteiger partial charge >= 0.3 is 66.1 Å². The molecule has 2 rings (SSSR count). The lowest BCUT2D eigenvalue weighted by Gasteiger charge is -2.40. The number of alkyl halides is 24. The minimum atomic E-state index is -8.88. The van der Waals surface area contributed by atoms with E-state index in [0.717, 1.165) is 17.1 Å². The molecule has 0 aliphatic carbocycles. The third kappa shape index (κ3) is 9.84. The van der Waals surface area contributed by atoms with Crippen LogP contribution < -0.4 is 9.47 Å². The van der Waals surface area contributed by atoms with Crippen LogP contribution in [0.5, 0.6) is 11.5 Å². The second-order valence-corrected chi connectivity index (χ2v) is 11.5. The Kier molecular flexibility index (Phi) is 14.3. The Bertz CT molecular complexity index is 1720. The van der Waals surface area contributed by atoms with Gasteiger partial charge in [0.15, 0.2) is 29.7 Å². The predicted molar refractivity (Wildman–Crippen MR) is 141 cm³/mol. The average molecular weight is 922 g/mol. The Morgan fingerprint density at radius 3 is 1.39 bits per heavy atom. The molecule has 0 aliphatic rings. The van der Waals surface area contributed by atoms with E-state index in [1.54, 1.807) is 6.92 Å². The van der Waals surface area contributed by atoms with E-state index in [-0.39, 0.29) is 36.6 Å². The second kappa shape index (κ2) is 16.5. The van der Waals surface area contributed by atoms with Crippen LogP contribution in [0, 0.1) is 5.82 Å². The molecule has 0 fully saturated rings. The van der Waals surface area contributed by atoms with E-state index >= 15 is 0 Å². The van der Waals surface area contributed by atoms with Gasteiger partial charge in [0.1, 0.15) is 6.17 Å². The lowest BCUT2D eigenvalue weighted by atomic mass is 10.1. The van der Waals surface area contributed by atoms with Crippen LogP contribution in [-0.2, 0) is 9.47 Å². The summed E-state index contributed by atoms with van der Waals surface area (Å²) in [6.45, 7) is -1.71. The molecule has 0 unspecified atom stereocenters. The summed E-state index contributed by atoms with van der Waals surface area (Å²) in [7, 11) is 0. The van der Waals surface area contributed by atoms with Gasteiger partial charge in [0.05, 0.1) is 19.0 Å². The van der Waals surface area contributed by atoms with Crippen molar-refractivity contribution in [2.75, 3.05) is 13.2 Å². The minimum Gasteiger partial charge on any atom is -0.490 e. The standard InChI is InChI=1S/C28H19F25N2O4/c1-2-3-13(29)6-7-56-14-9-54-17(55-10-14)12-4-5-16(15(30)8-12)57-11-18(31,32)19(33,34)25(46,47)58-27(50,51)22(39,40)23(41,42)28(52,53)59-26(48,49)21(37,38)20(35,36)24(43,44)45/h4-5,8-10,13H,2-3,6-7,11H2,1H3/t13-/m1/s1. The number of aromatic nitrogens is 2. The first kappa shape index (κ1) is 51.2. The van der Waals surface area contributed by atoms with Crippen LogP contribution in [0.3, 0.4) is 0 Å². The van der Waals surface area contributed by atoms with Crippen molar-refractivity contribution >= 4 is 0 Å². The molecule has 0 saturated heterocycles. The van der Waals surface area contributed by atoms with Gasteiger partial charge in [-0.3, -0.25) is 0 Å². The van der Waals surface area contributed by atoms with E-state index in [1.807, 2.05) is 0 Å². The van der Waals surface area contributed by atoms with Gasteiger partial charge in [0.2, 0.25) is 0 Å². The van der Waals surface area contributed by atoms with Crippen molar-refractivity contribution < 1.29 is 129 Å². The van der Waals surface area contributed by atoms with Crippen LogP contribution in [0.15, 0.2) is 30.6 Å². The fraction of sp³-hybridized carbons (Fsp3) is 0.643. The summed E-state index contributed by atoms with van der Waals surface area (Å²) < 4.78 is 349. The molecule has 1 heterocycles. The van der Waals surface area contributed by atoms with Crippen molar-refractivity contribution in [2.24, 2.45) is 0 Å². The molecule has 59 heavy (non-hydrogen) atoms. The molecule has 340 valence electrons. The van der Waals surface area contributed by atoms with Gasteiger partial charge in [0, 0.05) is 12.0 Å². The monoisotopic (exact) mass is 922 g/mol. The molecule has 6 nitrogen and oxygen atoms in total. The van der Waals surface area contributed by atoms with Crippen molar-refractivity contribution in [2.45, 2.75) is 98.5 Å². The summed E-state index contributed by atoms with van der Waals surface area (Å²) in [5, 5.41) is 0. The quantitative estimate of drug-likeness (QED) is 0.116. The van der Waals surface area contributed by atoms with Crippen molar-refractivity contribution in [1.82, 2.24) is 9.97 Å². The Morgan fingerprint density at radius 2 is 0.983 bits per heavy atom. The van der Waals surface area contributed by atoms with Gasteiger partial charge < -0.3 is 9.47 Å². The van der Waals surface area contributed by atoms with Crippen molar-refractivity contribution in [3.8, 4) is 22.9 Å². The Morgan fingerprint density at radius 1 is 0.559 bits per heavy atom. The van der Waals surface area contributed by atoms with Gasteiger partial charge in [-0.25, -0.2) is 28.2 Å². The molecular formula is C28H19F25N2O4. The molecule has 0 spiro atoms. The zero-order valence-corrected chi connectivity index (χ0v) is 28.0. The second-order valence-electron chi connectivity index (χ2n) is 11.5. The highest BCUT2D eigenvalue weighted by Gasteiger charge is 2.90. The van der Waals surface area contributed by atoms with Crippen molar-refractivity contribution in [3.05, 3.63) is 36.4 Å². The first-order valence-corrected chi connectivity index (χ1v) is 15.0. The van der Waals surface area contributed by atoms with E-state index in [9.17, 15) is 110 Å². The lowest BCUT2D eigenvalue weighted by molar-refractivity contribution is -0.543. The zero-order valence-electron chi connectivity index (χ0n) is 28.0. The van der Waals surface area contributed by atoms with Gasteiger partial charge in [-0.2, -0.15) is 101 Å². The van der Waals surface area contributed by atoms with Gasteiger partial charge in [0.25, 0.3) is 0 Å². The Hall–Kier alpha value is -3.93. The SMILES string of the molecule is CCC[C@@H](F)CCOc1cnc(-c2ccc(OCC(F)(F)C(F)(F)C(F)(F)OC(F)(F)C(F)(F)C(F)(F)C(F)(F)OC(F)(F)C(F)(F)C(F)(F)C(F)(F)F)c(F)c2)nc1. The number of benzene rings is 1. The summed E-state index contributed by atoms with van der Waals surface area (Å²) in [6, 6.07) is 1.29. The highest BCUT2D eigenvalue weighted by atomic mass is 19.4. The lowest BCUT2D eigenvalue weighted by Crippen LogP contribution is -2.69. The molecule has 1 aromatic carbocycles. The molecule has 0 amide bonds. The molecule has 0 saturated carbocycles. The highest BCUT2D eigenvalue weighted by molar-refractivity contribution is 5.56. The van der Waals surface area contributed by atoms with Crippen LogP contribution in [0.25, 0.3) is 11.4 Å². The maximum Gasteiger partial charge on any atom is 0.460 e. The molecule has 0 bridgehead atoms. The molecule has 1 aromatic heterocycles. The maximum absolute atomic E-state index is 14.5. The molecule has 0 aliphatic heterocycles. The molecule has 2 aromatic rings. The van der Waals surface area contributed by atoms with Crippen molar-refractivity contribution in [1.29, 1.82) is 0 Å². The number of ether oxygens (including phenoxy) is 4. The summed E-state index contributed by atoms with van der Waals surface area (Å²) in [6.07, 6.45) is -40.0. The summed E-state index contributed by atoms with van der Waals surface area (Å²) in [4.78, 5) is 7.45. The minimum absolute atomic E-state index is 0.0216. The zero-order chi connectivity index (χ0) is 46.3. The number of nitrogens with zero attached hydrogens (tertiary/aromatic N) is 2. The van der Waals surface area contributed by atoms with Gasteiger partial charge in [-0.05, 0) is 24.6 Å². The summed E-state index contributed by atoms with van der Waals surface area (Å²) >= 11 is 0. The molecule has 1 atom stereocenters. The number of halogens is 25. The van der Waals surface area contributed by atoms with Crippen LogP contribution in [0.1, 0.15) is 26.2 Å². The topological polar surface area (TPSA) is 62.7 Å². The van der Waals surface area contributed by atoms with E-state index in [4.69, 9.17) is 4.74 Å². The Balaban J connectivity index is 2.27. The maximum atomic E-state index is 14.5. The molecule has 31 heteroatoms. The normalized spacial score (nSPS) is 15.4. The van der Waals surface area contributed by atoms with Crippen LogP contribution in [0.4, 0.5) is 110 Å². The first-order valence-electron chi connectivity index (χ1n) is 15.0. The summed E-state index contributed by atoms with van der Waals surface area (Å²) in [5.74, 6) is -52.9. The number of hydrogen-bond acceptors (Lipinski definition) is 6. The number of rotatable bonds is 21. The van der Waals surface area contributed by atoms with Crippen LogP contribution >= 0.6 is 0 Å². The number of hydrogen-bond donors (Lipinski definition) is 0. The Labute approximate surface area is 310 Å². The van der Waals surface area contributed by atoms with E-state index in [0.29, 0.717) is 24.6 Å². The third-order valence-corrected chi connectivity index (χ3v) is 7.11. The van der Waals surface area contributed by atoms with E-state index in [2.05, 4.69) is 14.7 Å². The smallest absolute Gasteiger partial charge is 0.460 e. The fourth-order valence-corrected chi connectivity index (χ4v) is 3.84. The highest BCUT2D eigenvalue weighted by Crippen LogP contribution is 2.60. The largest absolute Gasteiger partial charge is 0.490 e. The average Bonchev–Trinajstić information content (AvgIpc) is 3.06. The van der Waals surface area contributed by atoms with E-state index < -0.39 is 90.5 Å². The fourth-order valence-electron chi connectivity index (χ4n) is 3.84. The molecule has 0 radical (unpaired) electrons. The van der Waals surface area contributed by atoms with Gasteiger partial charge in [-0.1, -0.05) is 13.3 Å². The first-order chi connectivity index (χ1) is 26.2. The van der Waals surface area contributed by atoms with Gasteiger partial charge in [-0.15, -0.1) is 0 Å². The van der Waals surface area contributed by atoms with Crippen molar-refractivity contribution in [3.63, 3.8) is 0 Å². The van der Waals surface area contributed by atoms with Crippen LogP contribution in [0.2, 0.25) is 0 Å². The molecule has 0 N–H and O–H groups in total. The van der Waals surface area contributed by atoms with Crippen LogP contribution in [-0.4, -0.2) is 95.5 Å². The third-order valence-electron chi connectivity index (χ3n) is 7.11. The predicted octanol–water partition coefficient (Wildman–Crippen LogP) is 11.3. The summed E-state index contributed by atoms with van der Waals surface area (Å²) in [5.41, 5.74) is -0.363.